The summed E-state index contributed by atoms with van der Waals surface area (Å²) in [6, 6.07) is 6.82. The van der Waals surface area contributed by atoms with E-state index in [9.17, 15) is 30.6 Å². The Bertz CT molecular complexity index is 671. The molecule has 31 heavy (non-hydrogen) atoms. The van der Waals surface area contributed by atoms with Gasteiger partial charge in [-0.1, -0.05) is 12.1 Å². The molecule has 0 aromatic heterocycles. The van der Waals surface area contributed by atoms with Crippen molar-refractivity contribution in [1.29, 1.82) is 0 Å². The first-order chi connectivity index (χ1) is 14.8. The predicted molar refractivity (Wildman–Crippen MR) is 106 cm³/mol. The minimum Gasteiger partial charge on any atom is -0.508 e. The average molecular weight is 444 g/mol. The van der Waals surface area contributed by atoms with Crippen LogP contribution in [0.4, 0.5) is 0 Å². The van der Waals surface area contributed by atoms with Gasteiger partial charge < -0.3 is 49.6 Å². The Morgan fingerprint density at radius 1 is 1.00 bits per heavy atom. The molecule has 2 aliphatic heterocycles. The highest BCUT2D eigenvalue weighted by Crippen LogP contribution is 2.26. The molecule has 0 radical (unpaired) electrons. The summed E-state index contributed by atoms with van der Waals surface area (Å²) < 4.78 is 22.2. The predicted octanol–water partition coefficient (Wildman–Crippen LogP) is -1.12. The third-order valence-electron chi connectivity index (χ3n) is 5.71. The van der Waals surface area contributed by atoms with Gasteiger partial charge in [0.05, 0.1) is 25.9 Å². The standard InChI is InChI=1S/C21H32O10/c1-11(2-3-12-4-6-14(23)7-5-12)30-21-19(27)18(26)17(25)15(31-21)10-29-20-16(24)13(8-22)9-28-20/h4-7,11,13,15-27H,2-3,8-10H2,1H3. The first-order valence-corrected chi connectivity index (χ1v) is 10.4. The van der Waals surface area contributed by atoms with Gasteiger partial charge >= 0.3 is 0 Å². The van der Waals surface area contributed by atoms with Crippen molar-refractivity contribution in [2.24, 2.45) is 5.92 Å². The fourth-order valence-electron chi connectivity index (χ4n) is 3.63. The molecule has 0 bridgehead atoms. The number of aliphatic hydroxyl groups excluding tert-OH is 5. The third-order valence-corrected chi connectivity index (χ3v) is 5.71. The summed E-state index contributed by atoms with van der Waals surface area (Å²) in [5, 5.41) is 59.3. The first-order valence-electron chi connectivity index (χ1n) is 10.4. The highest BCUT2D eigenvalue weighted by Gasteiger charge is 2.46. The molecule has 0 aliphatic carbocycles. The smallest absolute Gasteiger partial charge is 0.186 e. The molecule has 2 fully saturated rings. The SMILES string of the molecule is CC(CCc1ccc(O)cc1)OC1OC(COC2OCC(CO)C2O)C(O)C(O)C1O. The lowest BCUT2D eigenvalue weighted by Crippen LogP contribution is -2.60. The van der Waals surface area contributed by atoms with Crippen molar-refractivity contribution >= 4 is 0 Å². The van der Waals surface area contributed by atoms with Crippen molar-refractivity contribution in [3.8, 4) is 5.75 Å². The molecule has 1 aromatic rings. The number of hydrogen-bond donors (Lipinski definition) is 6. The zero-order valence-corrected chi connectivity index (χ0v) is 17.4. The molecular formula is C21H32O10. The lowest BCUT2D eigenvalue weighted by Gasteiger charge is -2.41. The van der Waals surface area contributed by atoms with E-state index in [0.29, 0.717) is 12.8 Å². The highest BCUT2D eigenvalue weighted by atomic mass is 16.7. The molecule has 3 rings (SSSR count). The number of benzene rings is 1. The molecular weight excluding hydrogens is 412 g/mol. The van der Waals surface area contributed by atoms with Crippen molar-refractivity contribution < 1.29 is 49.6 Å². The van der Waals surface area contributed by atoms with E-state index in [2.05, 4.69) is 0 Å². The Morgan fingerprint density at radius 3 is 2.35 bits per heavy atom. The van der Waals surface area contributed by atoms with Gasteiger partial charge in [0, 0.05) is 5.92 Å². The minimum absolute atomic E-state index is 0.141. The van der Waals surface area contributed by atoms with Crippen molar-refractivity contribution in [2.75, 3.05) is 19.8 Å². The summed E-state index contributed by atoms with van der Waals surface area (Å²) in [6.45, 7) is 1.48. The van der Waals surface area contributed by atoms with E-state index in [1.54, 1.807) is 19.1 Å². The molecule has 10 heteroatoms. The zero-order chi connectivity index (χ0) is 22.5. The van der Waals surface area contributed by atoms with Crippen LogP contribution in [0.15, 0.2) is 24.3 Å². The van der Waals surface area contributed by atoms with Crippen LogP contribution < -0.4 is 0 Å². The largest absolute Gasteiger partial charge is 0.508 e. The fraction of sp³-hybridized carbons (Fsp3) is 0.714. The lowest BCUT2D eigenvalue weighted by molar-refractivity contribution is -0.317. The molecule has 2 saturated heterocycles. The van der Waals surface area contributed by atoms with E-state index in [-0.39, 0.29) is 31.7 Å². The van der Waals surface area contributed by atoms with Gasteiger partial charge in [-0.2, -0.15) is 0 Å². The lowest BCUT2D eigenvalue weighted by atomic mass is 9.99. The second kappa shape index (κ2) is 11.0. The van der Waals surface area contributed by atoms with Gasteiger partial charge in [0.15, 0.2) is 12.6 Å². The summed E-state index contributed by atoms with van der Waals surface area (Å²) in [5.41, 5.74) is 1.01. The van der Waals surface area contributed by atoms with Crippen LogP contribution >= 0.6 is 0 Å². The number of aromatic hydroxyl groups is 1. The monoisotopic (exact) mass is 444 g/mol. The first kappa shape index (κ1) is 24.3. The van der Waals surface area contributed by atoms with E-state index < -0.39 is 49.0 Å². The van der Waals surface area contributed by atoms with E-state index in [1.165, 1.54) is 0 Å². The molecule has 2 heterocycles. The van der Waals surface area contributed by atoms with Crippen LogP contribution in [-0.2, 0) is 25.4 Å². The highest BCUT2D eigenvalue weighted by molar-refractivity contribution is 5.25. The number of aliphatic hydroxyl groups is 5. The normalized spacial score (nSPS) is 37.1. The van der Waals surface area contributed by atoms with Crippen LogP contribution in [0.5, 0.6) is 5.75 Å². The molecule has 176 valence electrons. The fourth-order valence-corrected chi connectivity index (χ4v) is 3.63. The Kier molecular flexibility index (Phi) is 8.62. The number of phenols is 1. The van der Waals surface area contributed by atoms with Crippen LogP contribution in [-0.4, -0.2) is 99.7 Å². The van der Waals surface area contributed by atoms with Crippen LogP contribution in [0.1, 0.15) is 18.9 Å². The van der Waals surface area contributed by atoms with Crippen LogP contribution in [0.25, 0.3) is 0 Å². The third kappa shape index (κ3) is 6.13. The van der Waals surface area contributed by atoms with E-state index in [0.717, 1.165) is 5.56 Å². The van der Waals surface area contributed by atoms with Gasteiger partial charge in [0.2, 0.25) is 0 Å². The van der Waals surface area contributed by atoms with Gasteiger partial charge in [-0.15, -0.1) is 0 Å². The van der Waals surface area contributed by atoms with Crippen LogP contribution in [0, 0.1) is 5.92 Å². The van der Waals surface area contributed by atoms with Crippen molar-refractivity contribution in [3.63, 3.8) is 0 Å². The van der Waals surface area contributed by atoms with Gasteiger partial charge in [-0.3, -0.25) is 0 Å². The second-order valence-electron chi connectivity index (χ2n) is 8.13. The number of ether oxygens (including phenoxy) is 4. The molecule has 9 unspecified atom stereocenters. The number of hydrogen-bond acceptors (Lipinski definition) is 10. The quantitative estimate of drug-likeness (QED) is 0.276. The molecule has 1 aromatic carbocycles. The summed E-state index contributed by atoms with van der Waals surface area (Å²) in [4.78, 5) is 0. The van der Waals surface area contributed by atoms with Gasteiger partial charge in [0.1, 0.15) is 36.3 Å². The van der Waals surface area contributed by atoms with E-state index in [1.807, 2.05) is 12.1 Å². The molecule has 2 aliphatic rings. The second-order valence-corrected chi connectivity index (χ2v) is 8.13. The molecule has 0 saturated carbocycles. The number of rotatable bonds is 9. The van der Waals surface area contributed by atoms with Crippen molar-refractivity contribution in [3.05, 3.63) is 29.8 Å². The zero-order valence-electron chi connectivity index (χ0n) is 17.4. The molecule has 10 nitrogen and oxygen atoms in total. The summed E-state index contributed by atoms with van der Waals surface area (Å²) in [5.74, 6) is -0.268. The maximum atomic E-state index is 10.3. The van der Waals surface area contributed by atoms with Crippen LogP contribution in [0.3, 0.4) is 0 Å². The summed E-state index contributed by atoms with van der Waals surface area (Å²) in [7, 11) is 0. The van der Waals surface area contributed by atoms with Gasteiger partial charge in [-0.25, -0.2) is 0 Å². The maximum Gasteiger partial charge on any atom is 0.186 e. The maximum absolute atomic E-state index is 10.3. The molecule has 9 atom stereocenters. The Morgan fingerprint density at radius 2 is 1.71 bits per heavy atom. The molecule has 6 N–H and O–H groups in total. The van der Waals surface area contributed by atoms with Gasteiger partial charge in [0.25, 0.3) is 0 Å². The summed E-state index contributed by atoms with van der Waals surface area (Å²) in [6.07, 6.45) is -7.64. The van der Waals surface area contributed by atoms with Crippen molar-refractivity contribution in [2.45, 2.75) is 69.0 Å². The number of aryl methyl sites for hydroxylation is 1. The molecule has 0 spiro atoms. The Labute approximate surface area is 180 Å². The van der Waals surface area contributed by atoms with Crippen molar-refractivity contribution in [1.82, 2.24) is 0 Å². The Balaban J connectivity index is 1.50. The number of phenolic OH excluding ortho intramolecular Hbond substituents is 1. The Hall–Kier alpha value is -1.34. The minimum atomic E-state index is -1.50. The van der Waals surface area contributed by atoms with Crippen LogP contribution in [0.2, 0.25) is 0 Å². The van der Waals surface area contributed by atoms with Gasteiger partial charge in [-0.05, 0) is 37.5 Å². The van der Waals surface area contributed by atoms with E-state index in [4.69, 9.17) is 18.9 Å². The summed E-state index contributed by atoms with van der Waals surface area (Å²) >= 11 is 0. The van der Waals surface area contributed by atoms with E-state index >= 15 is 0 Å². The topological polar surface area (TPSA) is 158 Å². The average Bonchev–Trinajstić information content (AvgIpc) is 3.12. The molecule has 0 amide bonds.